The van der Waals surface area contributed by atoms with E-state index in [2.05, 4.69) is 15.5 Å². The Morgan fingerprint density at radius 2 is 2.10 bits per heavy atom. The number of nitrogens with one attached hydrogen (secondary N) is 2. The molecule has 3 unspecified atom stereocenters. The summed E-state index contributed by atoms with van der Waals surface area (Å²) in [5.74, 6) is -1.35. The van der Waals surface area contributed by atoms with Crippen LogP contribution >= 0.6 is 0 Å². The summed E-state index contributed by atoms with van der Waals surface area (Å²) in [7, 11) is 0. The molecule has 1 heterocycles. The number of ether oxygens (including phenoxy) is 1. The number of carboxylic acid groups (broad SMARTS) is 1. The smallest absolute Gasteiger partial charge is 0.315 e. The maximum atomic E-state index is 11.9. The lowest BCUT2D eigenvalue weighted by atomic mass is 10.1. The summed E-state index contributed by atoms with van der Waals surface area (Å²) in [4.78, 5) is 25.0. The molecule has 1 fully saturated rings. The highest BCUT2D eigenvalue weighted by Crippen LogP contribution is 2.17. The monoisotopic (exact) mass is 297 g/mol. The van der Waals surface area contributed by atoms with Gasteiger partial charge in [0.15, 0.2) is 0 Å². The zero-order valence-corrected chi connectivity index (χ0v) is 12.2. The molecular formula is C14H23N3O4. The van der Waals surface area contributed by atoms with Crippen molar-refractivity contribution in [3.63, 3.8) is 0 Å². The summed E-state index contributed by atoms with van der Waals surface area (Å²) in [5.41, 5.74) is 0. The maximum absolute atomic E-state index is 11.9. The summed E-state index contributed by atoms with van der Waals surface area (Å²) in [5, 5.41) is 14.6. The van der Waals surface area contributed by atoms with Crippen LogP contribution in [0.2, 0.25) is 0 Å². The number of morpholine rings is 1. The molecule has 118 valence electrons. The van der Waals surface area contributed by atoms with E-state index in [1.54, 1.807) is 12.2 Å². The van der Waals surface area contributed by atoms with Crippen LogP contribution in [0.4, 0.5) is 4.79 Å². The second kappa shape index (κ2) is 7.42. The zero-order valence-electron chi connectivity index (χ0n) is 12.2. The molecule has 3 N–H and O–H groups in total. The number of amides is 2. The number of hydrogen-bond acceptors (Lipinski definition) is 4. The van der Waals surface area contributed by atoms with Gasteiger partial charge in [0.1, 0.15) is 0 Å². The molecule has 0 aromatic rings. The minimum Gasteiger partial charge on any atom is -0.481 e. The Hall–Kier alpha value is -1.60. The quantitative estimate of drug-likeness (QED) is 0.623. The fourth-order valence-corrected chi connectivity index (χ4v) is 2.64. The first-order valence-corrected chi connectivity index (χ1v) is 7.33. The van der Waals surface area contributed by atoms with Gasteiger partial charge in [0.25, 0.3) is 0 Å². The molecular weight excluding hydrogens is 274 g/mol. The van der Waals surface area contributed by atoms with E-state index in [4.69, 9.17) is 9.84 Å². The number of urea groups is 1. The van der Waals surface area contributed by atoms with E-state index >= 15 is 0 Å². The lowest BCUT2D eigenvalue weighted by Crippen LogP contribution is -2.50. The third-order valence-corrected chi connectivity index (χ3v) is 3.73. The van der Waals surface area contributed by atoms with Crippen LogP contribution < -0.4 is 10.6 Å². The third kappa shape index (κ3) is 5.02. The summed E-state index contributed by atoms with van der Waals surface area (Å²) in [6.07, 6.45) is 3.79. The second-order valence-electron chi connectivity index (χ2n) is 5.60. The SMILES string of the molecule is CC(CN1CCOCC1)NC(=O)NC1C=CC(C(=O)O)C1. The van der Waals surface area contributed by atoms with Gasteiger partial charge in [-0.3, -0.25) is 9.69 Å². The molecule has 1 aliphatic carbocycles. The molecule has 2 aliphatic rings. The number of aliphatic carboxylic acids is 1. The normalized spacial score (nSPS) is 27.3. The van der Waals surface area contributed by atoms with Gasteiger partial charge in [-0.15, -0.1) is 0 Å². The van der Waals surface area contributed by atoms with Crippen molar-refractivity contribution in [3.8, 4) is 0 Å². The van der Waals surface area contributed by atoms with Gasteiger partial charge in [-0.1, -0.05) is 12.2 Å². The van der Waals surface area contributed by atoms with Crippen LogP contribution in [-0.4, -0.2) is 66.9 Å². The predicted molar refractivity (Wildman–Crippen MR) is 77.1 cm³/mol. The van der Waals surface area contributed by atoms with E-state index in [9.17, 15) is 9.59 Å². The Labute approximate surface area is 124 Å². The van der Waals surface area contributed by atoms with Crippen LogP contribution in [0.5, 0.6) is 0 Å². The largest absolute Gasteiger partial charge is 0.481 e. The highest BCUT2D eigenvalue weighted by Gasteiger charge is 2.25. The van der Waals surface area contributed by atoms with Crippen molar-refractivity contribution in [2.24, 2.45) is 5.92 Å². The third-order valence-electron chi connectivity index (χ3n) is 3.73. The van der Waals surface area contributed by atoms with Crippen molar-refractivity contribution in [1.82, 2.24) is 15.5 Å². The Bertz CT molecular complexity index is 407. The standard InChI is InChI=1S/C14H23N3O4/c1-10(9-17-4-6-21-7-5-17)15-14(20)16-12-3-2-11(8-12)13(18)19/h2-3,10-12H,4-9H2,1H3,(H,18,19)(H2,15,16,20). The van der Waals surface area contributed by atoms with Gasteiger partial charge in [0.2, 0.25) is 0 Å². The summed E-state index contributed by atoms with van der Waals surface area (Å²) >= 11 is 0. The van der Waals surface area contributed by atoms with Crippen molar-refractivity contribution < 1.29 is 19.4 Å². The Balaban J connectivity index is 1.67. The van der Waals surface area contributed by atoms with E-state index in [0.717, 1.165) is 32.8 Å². The summed E-state index contributed by atoms with van der Waals surface area (Å²) in [6, 6.07) is -0.429. The van der Waals surface area contributed by atoms with Crippen LogP contribution in [0.15, 0.2) is 12.2 Å². The first kappa shape index (κ1) is 15.8. The van der Waals surface area contributed by atoms with Gasteiger partial charge in [-0.25, -0.2) is 4.79 Å². The molecule has 7 heteroatoms. The maximum Gasteiger partial charge on any atom is 0.315 e. The van der Waals surface area contributed by atoms with Gasteiger partial charge < -0.3 is 20.5 Å². The average Bonchev–Trinajstić information content (AvgIpc) is 2.88. The molecule has 0 bridgehead atoms. The highest BCUT2D eigenvalue weighted by molar-refractivity contribution is 5.76. The van der Waals surface area contributed by atoms with Crippen LogP contribution in [0.1, 0.15) is 13.3 Å². The van der Waals surface area contributed by atoms with Gasteiger partial charge in [0.05, 0.1) is 25.2 Å². The molecule has 0 saturated carbocycles. The number of carbonyl (C=O) groups excluding carboxylic acids is 1. The van der Waals surface area contributed by atoms with Gasteiger partial charge >= 0.3 is 12.0 Å². The minimum absolute atomic E-state index is 0.0313. The minimum atomic E-state index is -0.850. The summed E-state index contributed by atoms with van der Waals surface area (Å²) < 4.78 is 5.28. The lowest BCUT2D eigenvalue weighted by molar-refractivity contribution is -0.140. The first-order chi connectivity index (χ1) is 10.0. The number of carboxylic acids is 1. The summed E-state index contributed by atoms with van der Waals surface area (Å²) in [6.45, 7) is 6.00. The number of nitrogens with zero attached hydrogens (tertiary/aromatic N) is 1. The van der Waals surface area contributed by atoms with Crippen molar-refractivity contribution in [3.05, 3.63) is 12.2 Å². The Kier molecular flexibility index (Phi) is 5.58. The van der Waals surface area contributed by atoms with Crippen LogP contribution in [-0.2, 0) is 9.53 Å². The fraction of sp³-hybridized carbons (Fsp3) is 0.714. The highest BCUT2D eigenvalue weighted by atomic mass is 16.5. The molecule has 3 atom stereocenters. The van der Waals surface area contributed by atoms with E-state index in [-0.39, 0.29) is 18.1 Å². The van der Waals surface area contributed by atoms with Crippen molar-refractivity contribution in [1.29, 1.82) is 0 Å². The van der Waals surface area contributed by atoms with Crippen molar-refractivity contribution in [2.75, 3.05) is 32.8 Å². The Morgan fingerprint density at radius 3 is 2.71 bits per heavy atom. The number of hydrogen-bond donors (Lipinski definition) is 3. The van der Waals surface area contributed by atoms with E-state index < -0.39 is 11.9 Å². The van der Waals surface area contributed by atoms with E-state index in [1.165, 1.54) is 0 Å². The fourth-order valence-electron chi connectivity index (χ4n) is 2.64. The molecule has 1 aliphatic heterocycles. The zero-order chi connectivity index (χ0) is 15.2. The van der Waals surface area contributed by atoms with Crippen molar-refractivity contribution >= 4 is 12.0 Å². The predicted octanol–water partition coefficient (Wildman–Crippen LogP) is 0.0356. The molecule has 0 spiro atoms. The van der Waals surface area contributed by atoms with Crippen LogP contribution in [0, 0.1) is 5.92 Å². The second-order valence-corrected chi connectivity index (χ2v) is 5.60. The molecule has 7 nitrogen and oxygen atoms in total. The molecule has 2 amide bonds. The Morgan fingerprint density at radius 1 is 1.38 bits per heavy atom. The first-order valence-electron chi connectivity index (χ1n) is 7.33. The topological polar surface area (TPSA) is 90.9 Å². The molecule has 21 heavy (non-hydrogen) atoms. The number of carbonyl (C=O) groups is 2. The van der Waals surface area contributed by atoms with E-state index in [0.29, 0.717) is 6.42 Å². The molecule has 0 aromatic carbocycles. The van der Waals surface area contributed by atoms with Crippen molar-refractivity contribution in [2.45, 2.75) is 25.4 Å². The van der Waals surface area contributed by atoms with Crippen LogP contribution in [0.3, 0.4) is 0 Å². The lowest BCUT2D eigenvalue weighted by Gasteiger charge is -2.29. The molecule has 0 aromatic heterocycles. The molecule has 0 radical (unpaired) electrons. The van der Waals surface area contributed by atoms with Gasteiger partial charge in [-0.2, -0.15) is 0 Å². The van der Waals surface area contributed by atoms with E-state index in [1.807, 2.05) is 6.92 Å². The van der Waals surface area contributed by atoms with Gasteiger partial charge in [0, 0.05) is 25.7 Å². The molecule has 1 saturated heterocycles. The molecule has 2 rings (SSSR count). The van der Waals surface area contributed by atoms with Gasteiger partial charge in [-0.05, 0) is 13.3 Å². The number of rotatable bonds is 5. The van der Waals surface area contributed by atoms with Crippen LogP contribution in [0.25, 0.3) is 0 Å². The average molecular weight is 297 g/mol.